The van der Waals surface area contributed by atoms with Crippen LogP contribution in [0.15, 0.2) is 30.3 Å². The first-order chi connectivity index (χ1) is 12.2. The molecular formula is C22H35NO2. The van der Waals surface area contributed by atoms with Crippen LogP contribution >= 0.6 is 0 Å². The molecule has 1 saturated carbocycles. The highest BCUT2D eigenvalue weighted by Crippen LogP contribution is 2.40. The summed E-state index contributed by atoms with van der Waals surface area (Å²) in [6.45, 7) is 10.4. The Labute approximate surface area is 153 Å². The Morgan fingerprint density at radius 3 is 2.44 bits per heavy atom. The Hall–Kier alpha value is -0.900. The van der Waals surface area contributed by atoms with Crippen molar-refractivity contribution in [2.24, 2.45) is 11.8 Å². The van der Waals surface area contributed by atoms with Gasteiger partial charge in [-0.2, -0.15) is 0 Å². The van der Waals surface area contributed by atoms with E-state index in [9.17, 15) is 0 Å². The Morgan fingerprint density at radius 1 is 1.12 bits per heavy atom. The Bertz CT molecular complexity index is 488. The second-order valence-corrected chi connectivity index (χ2v) is 8.23. The SMILES string of the molecule is CC(C)C1CCC(Cc2ccccc2)(OCCN2CCOCC2)CC1. The molecule has 3 rings (SSSR count). The summed E-state index contributed by atoms with van der Waals surface area (Å²) < 4.78 is 12.1. The monoisotopic (exact) mass is 345 g/mol. The lowest BCUT2D eigenvalue weighted by Gasteiger charge is -2.42. The molecular weight excluding hydrogens is 310 g/mol. The first-order valence-corrected chi connectivity index (χ1v) is 10.1. The zero-order valence-electron chi connectivity index (χ0n) is 16.1. The molecule has 1 aromatic carbocycles. The van der Waals surface area contributed by atoms with Crippen molar-refractivity contribution in [2.45, 2.75) is 51.6 Å². The van der Waals surface area contributed by atoms with E-state index in [0.29, 0.717) is 0 Å². The van der Waals surface area contributed by atoms with E-state index in [-0.39, 0.29) is 5.60 Å². The summed E-state index contributed by atoms with van der Waals surface area (Å²) in [4.78, 5) is 2.47. The van der Waals surface area contributed by atoms with Gasteiger partial charge < -0.3 is 9.47 Å². The van der Waals surface area contributed by atoms with Gasteiger partial charge in [0.05, 0.1) is 25.4 Å². The van der Waals surface area contributed by atoms with E-state index in [2.05, 4.69) is 49.1 Å². The van der Waals surface area contributed by atoms with Crippen LogP contribution < -0.4 is 0 Å². The molecule has 0 unspecified atom stereocenters. The molecule has 25 heavy (non-hydrogen) atoms. The van der Waals surface area contributed by atoms with Crippen molar-refractivity contribution in [3.05, 3.63) is 35.9 Å². The highest BCUT2D eigenvalue weighted by molar-refractivity contribution is 5.17. The Kier molecular flexibility index (Phi) is 6.92. The summed E-state index contributed by atoms with van der Waals surface area (Å²) in [5, 5.41) is 0. The van der Waals surface area contributed by atoms with Gasteiger partial charge in [0.25, 0.3) is 0 Å². The summed E-state index contributed by atoms with van der Waals surface area (Å²) in [6.07, 6.45) is 6.08. The van der Waals surface area contributed by atoms with E-state index in [1.165, 1.54) is 31.2 Å². The molecule has 0 amide bonds. The Morgan fingerprint density at radius 2 is 1.80 bits per heavy atom. The maximum absolute atomic E-state index is 6.62. The van der Waals surface area contributed by atoms with E-state index in [0.717, 1.165) is 57.7 Å². The molecule has 0 aromatic heterocycles. The number of benzene rings is 1. The summed E-state index contributed by atoms with van der Waals surface area (Å²) in [7, 11) is 0. The first-order valence-electron chi connectivity index (χ1n) is 10.1. The number of morpholine rings is 1. The molecule has 0 N–H and O–H groups in total. The molecule has 3 heteroatoms. The number of hydrogen-bond acceptors (Lipinski definition) is 3. The van der Waals surface area contributed by atoms with Crippen molar-refractivity contribution >= 4 is 0 Å². The molecule has 1 saturated heterocycles. The van der Waals surface area contributed by atoms with Gasteiger partial charge in [-0.15, -0.1) is 0 Å². The van der Waals surface area contributed by atoms with Crippen molar-refractivity contribution < 1.29 is 9.47 Å². The molecule has 0 bridgehead atoms. The van der Waals surface area contributed by atoms with Gasteiger partial charge in [0.1, 0.15) is 0 Å². The largest absolute Gasteiger partial charge is 0.379 e. The normalized spacial score (nSPS) is 28.4. The van der Waals surface area contributed by atoms with E-state index < -0.39 is 0 Å². The van der Waals surface area contributed by atoms with Crippen LogP contribution in [0.1, 0.15) is 45.1 Å². The van der Waals surface area contributed by atoms with Crippen molar-refractivity contribution in [2.75, 3.05) is 39.5 Å². The van der Waals surface area contributed by atoms with Crippen molar-refractivity contribution in [3.63, 3.8) is 0 Å². The van der Waals surface area contributed by atoms with Crippen LogP contribution in [0.4, 0.5) is 0 Å². The molecule has 0 radical (unpaired) electrons. The minimum absolute atomic E-state index is 0.0407. The van der Waals surface area contributed by atoms with Crippen LogP contribution in [0.25, 0.3) is 0 Å². The van der Waals surface area contributed by atoms with Gasteiger partial charge in [-0.25, -0.2) is 0 Å². The maximum Gasteiger partial charge on any atom is 0.0723 e. The standard InChI is InChI=1S/C22H35NO2/c1-19(2)21-8-10-22(11-9-21,18-20-6-4-3-5-7-20)25-17-14-23-12-15-24-16-13-23/h3-7,19,21H,8-18H2,1-2H3. The number of ether oxygens (including phenoxy) is 2. The van der Waals surface area contributed by atoms with E-state index in [1.54, 1.807) is 0 Å². The van der Waals surface area contributed by atoms with Gasteiger partial charge in [-0.3, -0.25) is 4.90 Å². The number of hydrogen-bond donors (Lipinski definition) is 0. The smallest absolute Gasteiger partial charge is 0.0723 e. The third-order valence-corrected chi connectivity index (χ3v) is 6.17. The fourth-order valence-electron chi connectivity index (χ4n) is 4.39. The molecule has 140 valence electrons. The molecule has 2 aliphatic rings. The third-order valence-electron chi connectivity index (χ3n) is 6.17. The second kappa shape index (κ2) is 9.16. The van der Waals surface area contributed by atoms with Gasteiger partial charge in [-0.1, -0.05) is 44.2 Å². The highest BCUT2D eigenvalue weighted by atomic mass is 16.5. The van der Waals surface area contributed by atoms with Gasteiger partial charge in [0, 0.05) is 26.1 Å². The van der Waals surface area contributed by atoms with Crippen LogP contribution in [0.2, 0.25) is 0 Å². The molecule has 1 aliphatic heterocycles. The molecule has 0 atom stereocenters. The topological polar surface area (TPSA) is 21.7 Å². The van der Waals surface area contributed by atoms with Crippen LogP contribution in [0, 0.1) is 11.8 Å². The average Bonchev–Trinajstić information content (AvgIpc) is 2.64. The van der Waals surface area contributed by atoms with Crippen LogP contribution in [0.5, 0.6) is 0 Å². The average molecular weight is 346 g/mol. The van der Waals surface area contributed by atoms with Crippen molar-refractivity contribution in [3.8, 4) is 0 Å². The van der Waals surface area contributed by atoms with Crippen molar-refractivity contribution in [1.29, 1.82) is 0 Å². The summed E-state index contributed by atoms with van der Waals surface area (Å²) in [6, 6.07) is 10.9. The summed E-state index contributed by atoms with van der Waals surface area (Å²) in [5.41, 5.74) is 1.45. The van der Waals surface area contributed by atoms with Gasteiger partial charge >= 0.3 is 0 Å². The predicted octanol–water partition coefficient (Wildman–Crippen LogP) is 4.16. The minimum Gasteiger partial charge on any atom is -0.379 e. The number of rotatable bonds is 7. The Balaban J connectivity index is 1.58. The van der Waals surface area contributed by atoms with Crippen LogP contribution in [0.3, 0.4) is 0 Å². The summed E-state index contributed by atoms with van der Waals surface area (Å²) >= 11 is 0. The van der Waals surface area contributed by atoms with Crippen LogP contribution in [-0.4, -0.2) is 50.0 Å². The maximum atomic E-state index is 6.62. The quantitative estimate of drug-likeness (QED) is 0.740. The van der Waals surface area contributed by atoms with Gasteiger partial charge in [-0.05, 0) is 43.1 Å². The molecule has 0 spiro atoms. The van der Waals surface area contributed by atoms with E-state index in [1.807, 2.05) is 0 Å². The lowest BCUT2D eigenvalue weighted by atomic mass is 9.72. The molecule has 2 fully saturated rings. The minimum atomic E-state index is 0.0407. The van der Waals surface area contributed by atoms with E-state index >= 15 is 0 Å². The fourth-order valence-corrected chi connectivity index (χ4v) is 4.39. The fraction of sp³-hybridized carbons (Fsp3) is 0.727. The lowest BCUT2D eigenvalue weighted by molar-refractivity contribution is -0.0897. The molecule has 1 heterocycles. The van der Waals surface area contributed by atoms with Crippen molar-refractivity contribution in [1.82, 2.24) is 4.90 Å². The summed E-state index contributed by atoms with van der Waals surface area (Å²) in [5.74, 6) is 1.66. The highest BCUT2D eigenvalue weighted by Gasteiger charge is 2.37. The third kappa shape index (κ3) is 5.54. The predicted molar refractivity (Wildman–Crippen MR) is 103 cm³/mol. The zero-order chi connectivity index (χ0) is 17.5. The zero-order valence-corrected chi connectivity index (χ0v) is 16.1. The van der Waals surface area contributed by atoms with Gasteiger partial charge in [0.2, 0.25) is 0 Å². The first kappa shape index (κ1) is 18.9. The number of nitrogens with zero attached hydrogens (tertiary/aromatic N) is 1. The second-order valence-electron chi connectivity index (χ2n) is 8.23. The van der Waals surface area contributed by atoms with E-state index in [4.69, 9.17) is 9.47 Å². The van der Waals surface area contributed by atoms with Crippen LogP contribution in [-0.2, 0) is 15.9 Å². The molecule has 3 nitrogen and oxygen atoms in total. The molecule has 1 aromatic rings. The van der Waals surface area contributed by atoms with Gasteiger partial charge in [0.15, 0.2) is 0 Å². The lowest BCUT2D eigenvalue weighted by Crippen LogP contribution is -2.43. The molecule has 1 aliphatic carbocycles.